The molecule has 1 aromatic rings. The minimum absolute atomic E-state index is 0.0532. The predicted molar refractivity (Wildman–Crippen MR) is 162 cm³/mol. The molecule has 0 aromatic heterocycles. The van der Waals surface area contributed by atoms with Crippen LogP contribution in [0.4, 0.5) is 26.3 Å². The Morgan fingerprint density at radius 1 is 0.614 bits per heavy atom. The Morgan fingerprint density at radius 3 is 1.59 bits per heavy atom. The number of alkyl halides is 6. The van der Waals surface area contributed by atoms with E-state index < -0.39 is 34.8 Å². The molecule has 0 spiro atoms. The lowest BCUT2D eigenvalue weighted by molar-refractivity contribution is -0.143. The van der Waals surface area contributed by atoms with Crippen LogP contribution in [0.5, 0.6) is 0 Å². The van der Waals surface area contributed by atoms with Gasteiger partial charge in [-0.05, 0) is 61.6 Å². The van der Waals surface area contributed by atoms with Gasteiger partial charge in [-0.2, -0.15) is 26.3 Å². The maximum Gasteiger partial charge on any atom is 0.416 e. The topological polar surface area (TPSA) is 34.1 Å². The lowest BCUT2D eigenvalue weighted by atomic mass is 9.78. The Morgan fingerprint density at radius 2 is 1.07 bits per heavy atom. The summed E-state index contributed by atoms with van der Waals surface area (Å²) in [5.41, 5.74) is -3.43. The molecule has 3 rings (SSSR count). The minimum Gasteiger partial charge on any atom is -0.299 e. The van der Waals surface area contributed by atoms with E-state index >= 15 is 0 Å². The molecule has 8 heteroatoms. The zero-order valence-electron chi connectivity index (χ0n) is 26.5. The van der Waals surface area contributed by atoms with Gasteiger partial charge in [-0.25, -0.2) is 0 Å². The zero-order valence-corrected chi connectivity index (χ0v) is 26.5. The van der Waals surface area contributed by atoms with E-state index in [1.54, 1.807) is 0 Å². The first-order valence-corrected chi connectivity index (χ1v) is 17.2. The highest BCUT2D eigenvalue weighted by Gasteiger charge is 2.37. The first kappa shape index (κ1) is 36.6. The van der Waals surface area contributed by atoms with E-state index in [0.717, 1.165) is 69.6 Å². The number of hydrogen-bond donors (Lipinski definition) is 0. The van der Waals surface area contributed by atoms with Gasteiger partial charge in [-0.3, -0.25) is 9.59 Å². The number of carbonyl (C=O) groups excluding carboxylic acids is 2. The van der Waals surface area contributed by atoms with Crippen LogP contribution in [0.1, 0.15) is 163 Å². The van der Waals surface area contributed by atoms with E-state index in [0.29, 0.717) is 36.2 Å². The molecule has 0 N–H and O–H groups in total. The maximum atomic E-state index is 13.1. The van der Waals surface area contributed by atoms with Crippen molar-refractivity contribution >= 4 is 11.6 Å². The summed E-state index contributed by atoms with van der Waals surface area (Å²) in [4.78, 5) is 25.1. The number of hydrogen-bond acceptors (Lipinski definition) is 2. The van der Waals surface area contributed by atoms with Crippen molar-refractivity contribution in [1.29, 1.82) is 0 Å². The van der Waals surface area contributed by atoms with Crippen molar-refractivity contribution in [3.63, 3.8) is 0 Å². The summed E-state index contributed by atoms with van der Waals surface area (Å²) in [6.07, 6.45) is 11.8. The monoisotopic (exact) mass is 630 g/mol. The lowest BCUT2D eigenvalue weighted by Crippen LogP contribution is -2.17. The fourth-order valence-electron chi connectivity index (χ4n) is 7.29. The molecular weight excluding hydrogens is 578 g/mol. The van der Waals surface area contributed by atoms with E-state index in [9.17, 15) is 35.9 Å². The van der Waals surface area contributed by atoms with Crippen molar-refractivity contribution in [1.82, 2.24) is 0 Å². The largest absolute Gasteiger partial charge is 0.416 e. The van der Waals surface area contributed by atoms with Crippen LogP contribution in [0, 0.1) is 23.7 Å². The van der Waals surface area contributed by atoms with Crippen LogP contribution in [0.25, 0.3) is 0 Å². The van der Waals surface area contributed by atoms with Gasteiger partial charge in [0.05, 0.1) is 11.1 Å². The molecule has 2 nitrogen and oxygen atoms in total. The number of Topliss-reactive ketones (excluding diaryl/α,β-unsaturated/α-hetero) is 2. The molecule has 0 unspecified atom stereocenters. The second-order valence-corrected chi connectivity index (χ2v) is 13.8. The molecule has 2 saturated carbocycles. The van der Waals surface area contributed by atoms with E-state index in [-0.39, 0.29) is 12.5 Å². The normalized spacial score (nSPS) is 23.6. The Kier molecular flexibility index (Phi) is 14.8. The third-order valence-corrected chi connectivity index (χ3v) is 10.1. The van der Waals surface area contributed by atoms with Gasteiger partial charge in [-0.15, -0.1) is 0 Å². The Balaban J connectivity index is 1.23. The standard InChI is InChI=1S/C36H52F6O2/c1-26-11-9-15-29(16-10-12-26)33(43)17-6-4-2-3-5-13-27-19-21-28(22-20-27)14-7-8-18-34(44)30-23-31(35(37,38)39)25-32(24-30)36(40,41)42/h23-29H,2-22H2,1H3. The van der Waals surface area contributed by atoms with Crippen LogP contribution in [-0.2, 0) is 17.1 Å². The van der Waals surface area contributed by atoms with Crippen LogP contribution in [0.15, 0.2) is 18.2 Å². The maximum absolute atomic E-state index is 13.1. The van der Waals surface area contributed by atoms with Crippen LogP contribution < -0.4 is 0 Å². The number of benzene rings is 1. The molecule has 0 heterocycles. The second-order valence-electron chi connectivity index (χ2n) is 13.8. The summed E-state index contributed by atoms with van der Waals surface area (Å²) in [7, 11) is 0. The van der Waals surface area contributed by atoms with Crippen molar-refractivity contribution < 1.29 is 35.9 Å². The van der Waals surface area contributed by atoms with E-state index in [4.69, 9.17) is 0 Å². The first-order valence-electron chi connectivity index (χ1n) is 17.2. The highest BCUT2D eigenvalue weighted by Crippen LogP contribution is 2.37. The van der Waals surface area contributed by atoms with E-state index in [1.165, 1.54) is 64.2 Å². The fourth-order valence-corrected chi connectivity index (χ4v) is 7.29. The number of halogens is 6. The molecule has 0 radical (unpaired) electrons. The Bertz CT molecular complexity index is 980. The van der Waals surface area contributed by atoms with Gasteiger partial charge < -0.3 is 0 Å². The molecule has 2 fully saturated rings. The summed E-state index contributed by atoms with van der Waals surface area (Å²) >= 11 is 0. The lowest BCUT2D eigenvalue weighted by Gasteiger charge is -2.28. The van der Waals surface area contributed by atoms with Crippen LogP contribution in [-0.4, -0.2) is 11.6 Å². The van der Waals surface area contributed by atoms with Crippen molar-refractivity contribution in [2.24, 2.45) is 23.7 Å². The minimum atomic E-state index is -4.96. The van der Waals surface area contributed by atoms with Gasteiger partial charge in [0.1, 0.15) is 5.78 Å². The molecule has 250 valence electrons. The van der Waals surface area contributed by atoms with Crippen LogP contribution in [0.2, 0.25) is 0 Å². The Hall–Kier alpha value is -1.86. The average molecular weight is 631 g/mol. The molecule has 0 bridgehead atoms. The van der Waals surface area contributed by atoms with Gasteiger partial charge >= 0.3 is 12.4 Å². The summed E-state index contributed by atoms with van der Waals surface area (Å²) < 4.78 is 78.5. The van der Waals surface area contributed by atoms with Crippen molar-refractivity contribution in [2.45, 2.75) is 154 Å². The highest BCUT2D eigenvalue weighted by atomic mass is 19.4. The van der Waals surface area contributed by atoms with Gasteiger partial charge in [0.15, 0.2) is 5.78 Å². The molecule has 1 aromatic carbocycles. The van der Waals surface area contributed by atoms with E-state index in [1.807, 2.05) is 0 Å². The average Bonchev–Trinajstić information content (AvgIpc) is 2.96. The second kappa shape index (κ2) is 17.7. The summed E-state index contributed by atoms with van der Waals surface area (Å²) in [6, 6.07) is 1.11. The third-order valence-electron chi connectivity index (χ3n) is 10.1. The van der Waals surface area contributed by atoms with Crippen molar-refractivity contribution in [3.05, 3.63) is 34.9 Å². The van der Waals surface area contributed by atoms with Gasteiger partial charge in [-0.1, -0.05) is 103 Å². The SMILES string of the molecule is CC1CCCC(C(=O)CCCCCCCC2CCC(CCCCC(=O)c3cc(C(F)(F)F)cc(C(F)(F)F)c3)CC2)CCC1. The number of rotatable bonds is 15. The zero-order chi connectivity index (χ0) is 32.2. The first-order chi connectivity index (χ1) is 20.8. The smallest absolute Gasteiger partial charge is 0.299 e. The number of unbranched alkanes of at least 4 members (excludes halogenated alkanes) is 5. The predicted octanol–water partition coefficient (Wildman–Crippen LogP) is 12.2. The summed E-state index contributed by atoms with van der Waals surface area (Å²) in [5, 5.41) is 0. The molecule has 2 aliphatic carbocycles. The van der Waals surface area contributed by atoms with Gasteiger partial charge in [0.2, 0.25) is 0 Å². The molecule has 0 amide bonds. The fraction of sp³-hybridized carbons (Fsp3) is 0.778. The number of carbonyl (C=O) groups is 2. The summed E-state index contributed by atoms with van der Waals surface area (Å²) in [6.45, 7) is 2.33. The van der Waals surface area contributed by atoms with Crippen molar-refractivity contribution in [2.75, 3.05) is 0 Å². The third kappa shape index (κ3) is 12.9. The molecule has 0 atom stereocenters. The Labute approximate surface area is 260 Å². The molecule has 0 aliphatic heterocycles. The van der Waals surface area contributed by atoms with Gasteiger partial charge in [0, 0.05) is 24.3 Å². The number of ketones is 2. The van der Waals surface area contributed by atoms with Crippen LogP contribution >= 0.6 is 0 Å². The molecule has 0 saturated heterocycles. The van der Waals surface area contributed by atoms with Gasteiger partial charge in [0.25, 0.3) is 0 Å². The highest BCUT2D eigenvalue weighted by molar-refractivity contribution is 5.96. The van der Waals surface area contributed by atoms with Crippen LogP contribution in [0.3, 0.4) is 0 Å². The quantitative estimate of drug-likeness (QED) is 0.110. The van der Waals surface area contributed by atoms with Crippen molar-refractivity contribution in [3.8, 4) is 0 Å². The van der Waals surface area contributed by atoms with E-state index in [2.05, 4.69) is 6.92 Å². The summed E-state index contributed by atoms with van der Waals surface area (Å²) in [5.74, 6) is 2.26. The molecule has 2 aliphatic rings. The molecular formula is C36H52F6O2. The molecule has 44 heavy (non-hydrogen) atoms.